The predicted octanol–water partition coefficient (Wildman–Crippen LogP) is 2.92. The molecule has 4 rings (SSSR count). The molecule has 0 aromatic heterocycles. The Morgan fingerprint density at radius 1 is 0.970 bits per heavy atom. The Labute approximate surface area is 197 Å². The monoisotopic (exact) mass is 470 g/mol. The number of nitrogens with one attached hydrogen (secondary N) is 1. The van der Waals surface area contributed by atoms with Gasteiger partial charge in [-0.15, -0.1) is 0 Å². The van der Waals surface area contributed by atoms with Gasteiger partial charge in [-0.1, -0.05) is 48.0 Å². The summed E-state index contributed by atoms with van der Waals surface area (Å²) in [7, 11) is -3.52. The fourth-order valence-electron chi connectivity index (χ4n) is 4.64. The molecule has 1 unspecified atom stereocenters. The summed E-state index contributed by atoms with van der Waals surface area (Å²) in [5, 5.41) is 3.09. The van der Waals surface area contributed by atoms with E-state index in [1.54, 1.807) is 17.0 Å². The SMILES string of the molecule is Cc1ccc(S(=O)(=O)N2CCN(C(=O)NCC3CCCN(Cc4ccccc4)C3)CC2)cc1. The summed E-state index contributed by atoms with van der Waals surface area (Å²) in [4.78, 5) is 17.2. The number of aryl methyl sites for hydroxylation is 1. The first-order valence-corrected chi connectivity index (χ1v) is 13.2. The van der Waals surface area contributed by atoms with Crippen LogP contribution in [-0.4, -0.2) is 74.4 Å². The number of sulfonamides is 1. The molecule has 33 heavy (non-hydrogen) atoms. The number of carbonyl (C=O) groups excluding carboxylic acids is 1. The van der Waals surface area contributed by atoms with Crippen molar-refractivity contribution in [3.05, 3.63) is 65.7 Å². The van der Waals surface area contributed by atoms with Crippen molar-refractivity contribution in [2.24, 2.45) is 5.92 Å². The van der Waals surface area contributed by atoms with E-state index in [0.29, 0.717) is 43.5 Å². The minimum absolute atomic E-state index is 0.0948. The van der Waals surface area contributed by atoms with E-state index in [9.17, 15) is 13.2 Å². The summed E-state index contributed by atoms with van der Waals surface area (Å²) in [5.41, 5.74) is 2.34. The van der Waals surface area contributed by atoms with Crippen LogP contribution in [0.15, 0.2) is 59.5 Å². The van der Waals surface area contributed by atoms with Crippen LogP contribution in [0.3, 0.4) is 0 Å². The Kier molecular flexibility index (Phi) is 7.67. The zero-order valence-corrected chi connectivity index (χ0v) is 20.1. The summed E-state index contributed by atoms with van der Waals surface area (Å²) in [6.45, 7) is 7.06. The van der Waals surface area contributed by atoms with Crippen LogP contribution in [0.25, 0.3) is 0 Å². The number of benzene rings is 2. The van der Waals surface area contributed by atoms with Gasteiger partial charge in [-0.3, -0.25) is 4.90 Å². The van der Waals surface area contributed by atoms with E-state index < -0.39 is 10.0 Å². The molecule has 2 amide bonds. The largest absolute Gasteiger partial charge is 0.338 e. The molecule has 178 valence electrons. The van der Waals surface area contributed by atoms with Gasteiger partial charge in [-0.05, 0) is 49.9 Å². The molecule has 0 spiro atoms. The standard InChI is InChI=1S/C25H34N4O3S/c1-21-9-11-24(12-10-21)33(31,32)29-16-14-28(15-17-29)25(30)26-18-23-8-5-13-27(20-23)19-22-6-3-2-4-7-22/h2-4,6-7,9-12,23H,5,8,13-20H2,1H3,(H,26,30). The molecule has 0 bridgehead atoms. The van der Waals surface area contributed by atoms with Gasteiger partial charge in [-0.25, -0.2) is 13.2 Å². The van der Waals surface area contributed by atoms with E-state index in [1.165, 1.54) is 9.87 Å². The molecule has 2 aliphatic heterocycles. The lowest BCUT2D eigenvalue weighted by Gasteiger charge is -2.35. The molecular weight excluding hydrogens is 436 g/mol. The van der Waals surface area contributed by atoms with E-state index in [-0.39, 0.29) is 6.03 Å². The Morgan fingerprint density at radius 2 is 1.67 bits per heavy atom. The maximum absolute atomic E-state index is 12.9. The number of piperidine rings is 1. The number of carbonyl (C=O) groups is 1. The summed E-state index contributed by atoms with van der Waals surface area (Å²) < 4.78 is 27.2. The second kappa shape index (κ2) is 10.7. The van der Waals surface area contributed by atoms with Gasteiger partial charge in [-0.2, -0.15) is 4.31 Å². The van der Waals surface area contributed by atoms with Crippen LogP contribution >= 0.6 is 0 Å². The minimum atomic E-state index is -3.52. The van der Waals surface area contributed by atoms with Crippen molar-refractivity contribution in [2.45, 2.75) is 31.2 Å². The number of rotatable bonds is 6. The van der Waals surface area contributed by atoms with E-state index in [4.69, 9.17) is 0 Å². The first kappa shape index (κ1) is 23.7. The third-order valence-electron chi connectivity index (χ3n) is 6.58. The quantitative estimate of drug-likeness (QED) is 0.705. The molecule has 2 aromatic rings. The number of likely N-dealkylation sites (tertiary alicyclic amines) is 1. The topological polar surface area (TPSA) is 73.0 Å². The number of piperazine rings is 1. The molecule has 2 aliphatic rings. The molecule has 2 saturated heterocycles. The van der Waals surface area contributed by atoms with Crippen molar-refractivity contribution < 1.29 is 13.2 Å². The fraction of sp³-hybridized carbons (Fsp3) is 0.480. The van der Waals surface area contributed by atoms with Crippen molar-refractivity contribution in [3.63, 3.8) is 0 Å². The Bertz CT molecular complexity index is 1020. The average Bonchev–Trinajstić information content (AvgIpc) is 2.84. The highest BCUT2D eigenvalue weighted by atomic mass is 32.2. The molecule has 2 fully saturated rings. The van der Waals surface area contributed by atoms with Crippen LogP contribution < -0.4 is 5.32 Å². The highest BCUT2D eigenvalue weighted by Crippen LogP contribution is 2.20. The molecule has 1 N–H and O–H groups in total. The highest BCUT2D eigenvalue weighted by Gasteiger charge is 2.30. The second-order valence-electron chi connectivity index (χ2n) is 9.12. The molecule has 0 radical (unpaired) electrons. The van der Waals surface area contributed by atoms with E-state index >= 15 is 0 Å². The molecule has 2 aromatic carbocycles. The van der Waals surface area contributed by atoms with Crippen LogP contribution in [0.4, 0.5) is 4.79 Å². The third-order valence-corrected chi connectivity index (χ3v) is 8.49. The first-order chi connectivity index (χ1) is 15.9. The van der Waals surface area contributed by atoms with Crippen LogP contribution in [0.5, 0.6) is 0 Å². The van der Waals surface area contributed by atoms with Crippen molar-refractivity contribution in [1.29, 1.82) is 0 Å². The third kappa shape index (κ3) is 6.13. The van der Waals surface area contributed by atoms with Gasteiger partial charge in [0.2, 0.25) is 10.0 Å². The Morgan fingerprint density at radius 3 is 2.36 bits per heavy atom. The van der Waals surface area contributed by atoms with Gasteiger partial charge in [0.25, 0.3) is 0 Å². The highest BCUT2D eigenvalue weighted by molar-refractivity contribution is 7.89. The van der Waals surface area contributed by atoms with E-state index in [0.717, 1.165) is 38.0 Å². The lowest BCUT2D eigenvalue weighted by atomic mass is 9.97. The summed E-state index contributed by atoms with van der Waals surface area (Å²) in [6.07, 6.45) is 2.26. The smallest absolute Gasteiger partial charge is 0.317 e. The van der Waals surface area contributed by atoms with Crippen LogP contribution in [0, 0.1) is 12.8 Å². The number of amides is 2. The van der Waals surface area contributed by atoms with Crippen LogP contribution in [-0.2, 0) is 16.6 Å². The lowest BCUT2D eigenvalue weighted by Crippen LogP contribution is -2.54. The molecule has 1 atom stereocenters. The van der Waals surface area contributed by atoms with E-state index in [2.05, 4.69) is 34.5 Å². The average molecular weight is 471 g/mol. The molecule has 7 nitrogen and oxygen atoms in total. The van der Waals surface area contributed by atoms with Crippen molar-refractivity contribution in [1.82, 2.24) is 19.4 Å². The zero-order valence-electron chi connectivity index (χ0n) is 19.3. The van der Waals surface area contributed by atoms with Crippen molar-refractivity contribution >= 4 is 16.1 Å². The van der Waals surface area contributed by atoms with Crippen molar-refractivity contribution in [3.8, 4) is 0 Å². The molecule has 8 heteroatoms. The summed E-state index contributed by atoms with van der Waals surface area (Å²) in [5.74, 6) is 0.439. The molecule has 0 aliphatic carbocycles. The zero-order chi connectivity index (χ0) is 23.3. The lowest BCUT2D eigenvalue weighted by molar-refractivity contribution is 0.152. The van der Waals surface area contributed by atoms with Crippen molar-refractivity contribution in [2.75, 3.05) is 45.8 Å². The van der Waals surface area contributed by atoms with Gasteiger partial charge >= 0.3 is 6.03 Å². The normalized spacial score (nSPS) is 20.5. The molecule has 0 saturated carbocycles. The summed E-state index contributed by atoms with van der Waals surface area (Å²) >= 11 is 0. The number of hydrogen-bond donors (Lipinski definition) is 1. The molecule has 2 heterocycles. The second-order valence-corrected chi connectivity index (χ2v) is 11.1. The fourth-order valence-corrected chi connectivity index (χ4v) is 6.06. The first-order valence-electron chi connectivity index (χ1n) is 11.8. The van der Waals surface area contributed by atoms with Gasteiger partial charge in [0, 0.05) is 45.8 Å². The maximum atomic E-state index is 12.9. The maximum Gasteiger partial charge on any atom is 0.317 e. The van der Waals surface area contributed by atoms with Gasteiger partial charge in [0.05, 0.1) is 4.90 Å². The number of hydrogen-bond acceptors (Lipinski definition) is 4. The van der Waals surface area contributed by atoms with Gasteiger partial charge in [0.1, 0.15) is 0 Å². The van der Waals surface area contributed by atoms with Gasteiger partial charge in [0.15, 0.2) is 0 Å². The van der Waals surface area contributed by atoms with Gasteiger partial charge < -0.3 is 10.2 Å². The van der Waals surface area contributed by atoms with E-state index in [1.807, 2.05) is 25.1 Å². The predicted molar refractivity (Wildman–Crippen MR) is 129 cm³/mol. The van der Waals surface area contributed by atoms with Crippen LogP contribution in [0.2, 0.25) is 0 Å². The minimum Gasteiger partial charge on any atom is -0.338 e. The summed E-state index contributed by atoms with van der Waals surface area (Å²) in [6, 6.07) is 17.3. The Balaban J connectivity index is 1.22. The number of nitrogens with zero attached hydrogens (tertiary/aromatic N) is 3. The number of urea groups is 1. The molecular formula is C25H34N4O3S. The van der Waals surface area contributed by atoms with Crippen LogP contribution in [0.1, 0.15) is 24.0 Å². The Hall–Kier alpha value is -2.42.